The number of hydrogen-bond acceptors (Lipinski definition) is 7. The Hall–Kier alpha value is -2.26. The fourth-order valence-corrected chi connectivity index (χ4v) is 3.38. The van der Waals surface area contributed by atoms with Gasteiger partial charge in [-0.15, -0.1) is 0 Å². The maximum Gasteiger partial charge on any atom is 0.257 e. The molecule has 0 bridgehead atoms. The Morgan fingerprint density at radius 3 is 2.55 bits per heavy atom. The first-order chi connectivity index (χ1) is 13.9. The number of nitrogens with one attached hydrogen (secondary N) is 1. The normalized spacial score (nSPS) is 17.5. The van der Waals surface area contributed by atoms with E-state index in [0.29, 0.717) is 43.4 Å². The molecule has 1 aromatic rings. The summed E-state index contributed by atoms with van der Waals surface area (Å²) in [6.45, 7) is 8.04. The maximum atomic E-state index is 13.0. The van der Waals surface area contributed by atoms with Crippen LogP contribution in [-0.2, 0) is 20.7 Å². The average molecular weight is 405 g/mol. The van der Waals surface area contributed by atoms with Crippen LogP contribution in [0.15, 0.2) is 6.20 Å². The van der Waals surface area contributed by atoms with Gasteiger partial charge >= 0.3 is 0 Å². The molecule has 160 valence electrons. The van der Waals surface area contributed by atoms with E-state index in [1.165, 1.54) is 7.11 Å². The molecule has 0 atom stereocenters. The zero-order valence-electron chi connectivity index (χ0n) is 17.6. The number of likely N-dealkylation sites (tertiary alicyclic amines) is 1. The van der Waals surface area contributed by atoms with Gasteiger partial charge in [-0.05, 0) is 26.7 Å². The third-order valence-corrected chi connectivity index (χ3v) is 5.48. The van der Waals surface area contributed by atoms with Crippen LogP contribution in [0, 0.1) is 0 Å². The van der Waals surface area contributed by atoms with Crippen molar-refractivity contribution >= 4 is 17.8 Å². The second-order valence-electron chi connectivity index (χ2n) is 7.85. The highest BCUT2D eigenvalue weighted by Crippen LogP contribution is 2.18. The Labute approximate surface area is 171 Å². The summed E-state index contributed by atoms with van der Waals surface area (Å²) < 4.78 is 10.6. The molecule has 2 aliphatic heterocycles. The van der Waals surface area contributed by atoms with Crippen molar-refractivity contribution < 1.29 is 19.1 Å². The molecule has 29 heavy (non-hydrogen) atoms. The topological polar surface area (TPSA) is 96.9 Å². The molecule has 0 unspecified atom stereocenters. The van der Waals surface area contributed by atoms with Crippen molar-refractivity contribution in [3.8, 4) is 0 Å². The van der Waals surface area contributed by atoms with Crippen LogP contribution in [0.2, 0.25) is 0 Å². The van der Waals surface area contributed by atoms with Gasteiger partial charge in [0.15, 0.2) is 0 Å². The van der Waals surface area contributed by atoms with E-state index in [1.54, 1.807) is 20.0 Å². The lowest BCUT2D eigenvalue weighted by Crippen LogP contribution is -2.44. The number of amides is 2. The van der Waals surface area contributed by atoms with Gasteiger partial charge in [-0.3, -0.25) is 9.59 Å². The number of carbonyl (C=O) groups excluding carboxylic acids is 2. The van der Waals surface area contributed by atoms with Crippen molar-refractivity contribution in [2.75, 3.05) is 57.9 Å². The summed E-state index contributed by atoms with van der Waals surface area (Å²) in [6, 6.07) is 0. The van der Waals surface area contributed by atoms with Crippen LogP contribution in [0.3, 0.4) is 0 Å². The number of nitrogens with zero attached hydrogens (tertiary/aromatic N) is 4. The van der Waals surface area contributed by atoms with Gasteiger partial charge < -0.3 is 24.6 Å². The van der Waals surface area contributed by atoms with Crippen LogP contribution in [0.1, 0.15) is 42.7 Å². The number of morpholine rings is 1. The lowest BCUT2D eigenvalue weighted by molar-refractivity contribution is -0.139. The largest absolute Gasteiger partial charge is 0.378 e. The summed E-state index contributed by atoms with van der Waals surface area (Å²) in [6.07, 6.45) is 4.13. The van der Waals surface area contributed by atoms with Gasteiger partial charge in [-0.25, -0.2) is 9.97 Å². The van der Waals surface area contributed by atoms with Crippen LogP contribution in [0.25, 0.3) is 0 Å². The molecule has 0 saturated carbocycles. The molecule has 2 aliphatic rings. The number of aromatic nitrogens is 2. The van der Waals surface area contributed by atoms with E-state index in [0.717, 1.165) is 39.0 Å². The molecule has 2 amide bonds. The molecule has 0 spiro atoms. The quantitative estimate of drug-likeness (QED) is 0.711. The van der Waals surface area contributed by atoms with E-state index in [-0.39, 0.29) is 11.8 Å². The summed E-state index contributed by atoms with van der Waals surface area (Å²) in [4.78, 5) is 38.3. The summed E-state index contributed by atoms with van der Waals surface area (Å²) in [5.74, 6) is 0.370. The number of rotatable bonds is 7. The van der Waals surface area contributed by atoms with Gasteiger partial charge in [-0.2, -0.15) is 0 Å². The molecule has 0 radical (unpaired) electrons. The molecular weight excluding hydrogens is 374 g/mol. The van der Waals surface area contributed by atoms with E-state index in [4.69, 9.17) is 14.5 Å². The van der Waals surface area contributed by atoms with Gasteiger partial charge in [0.2, 0.25) is 5.95 Å². The van der Waals surface area contributed by atoms with Crippen LogP contribution in [0.4, 0.5) is 5.95 Å². The van der Waals surface area contributed by atoms with Crippen LogP contribution >= 0.6 is 0 Å². The van der Waals surface area contributed by atoms with Gasteiger partial charge in [0.25, 0.3) is 11.8 Å². The number of methoxy groups -OCH3 is 1. The Balaban J connectivity index is 1.76. The lowest BCUT2D eigenvalue weighted by Gasteiger charge is -2.27. The van der Waals surface area contributed by atoms with Crippen molar-refractivity contribution in [1.82, 2.24) is 20.2 Å². The molecule has 3 rings (SSSR count). The molecule has 9 heteroatoms. The molecule has 1 aromatic heterocycles. The Morgan fingerprint density at radius 1 is 1.21 bits per heavy atom. The molecule has 9 nitrogen and oxygen atoms in total. The Kier molecular flexibility index (Phi) is 7.02. The first-order valence-corrected chi connectivity index (χ1v) is 10.2. The number of anilines is 1. The first kappa shape index (κ1) is 21.4. The van der Waals surface area contributed by atoms with Crippen molar-refractivity contribution in [3.63, 3.8) is 0 Å². The smallest absolute Gasteiger partial charge is 0.257 e. The maximum absolute atomic E-state index is 13.0. The number of hydrogen-bond donors (Lipinski definition) is 1. The predicted octanol–water partition coefficient (Wildman–Crippen LogP) is 0.633. The fourth-order valence-electron chi connectivity index (χ4n) is 3.38. The highest BCUT2D eigenvalue weighted by Gasteiger charge is 2.27. The summed E-state index contributed by atoms with van der Waals surface area (Å²) in [5, 5.41) is 2.87. The zero-order chi connectivity index (χ0) is 20.9. The zero-order valence-corrected chi connectivity index (χ0v) is 17.6. The second kappa shape index (κ2) is 9.49. The molecular formula is C20H31N5O4. The third kappa shape index (κ3) is 5.22. The summed E-state index contributed by atoms with van der Waals surface area (Å²) in [7, 11) is 1.51. The molecule has 0 aromatic carbocycles. The minimum atomic E-state index is -0.904. The average Bonchev–Trinajstić information content (AvgIpc) is 3.28. The SMILES string of the molecule is COC(C)(C)C(=O)NCCc1nc(N2CCOCC2)ncc1C(=O)N1CCCC1. The van der Waals surface area contributed by atoms with E-state index in [2.05, 4.69) is 15.2 Å². The second-order valence-corrected chi connectivity index (χ2v) is 7.85. The standard InChI is InChI=1S/C20H31N5O4/c1-20(2,28-3)18(27)21-7-6-16-15(17(26)24-8-4-5-9-24)14-22-19(23-16)25-10-12-29-13-11-25/h14H,4-13H2,1-3H3,(H,21,27). The van der Waals surface area contributed by atoms with Crippen molar-refractivity contribution in [2.24, 2.45) is 0 Å². The van der Waals surface area contributed by atoms with E-state index in [1.807, 2.05) is 4.90 Å². The predicted molar refractivity (Wildman–Crippen MR) is 108 cm³/mol. The molecule has 2 saturated heterocycles. The fraction of sp³-hybridized carbons (Fsp3) is 0.700. The first-order valence-electron chi connectivity index (χ1n) is 10.2. The lowest BCUT2D eigenvalue weighted by atomic mass is 10.1. The van der Waals surface area contributed by atoms with Crippen LogP contribution < -0.4 is 10.2 Å². The van der Waals surface area contributed by atoms with Gasteiger partial charge in [-0.1, -0.05) is 0 Å². The summed E-state index contributed by atoms with van der Waals surface area (Å²) in [5.41, 5.74) is 0.275. The van der Waals surface area contributed by atoms with E-state index in [9.17, 15) is 9.59 Å². The van der Waals surface area contributed by atoms with Crippen LogP contribution in [-0.4, -0.2) is 85.3 Å². The van der Waals surface area contributed by atoms with Gasteiger partial charge in [0.05, 0.1) is 24.5 Å². The Bertz CT molecular complexity index is 728. The number of carbonyl (C=O) groups is 2. The minimum absolute atomic E-state index is 0.0328. The molecule has 0 aliphatic carbocycles. The van der Waals surface area contributed by atoms with Crippen molar-refractivity contribution in [1.29, 1.82) is 0 Å². The van der Waals surface area contributed by atoms with Crippen molar-refractivity contribution in [3.05, 3.63) is 17.5 Å². The van der Waals surface area contributed by atoms with Crippen LogP contribution in [0.5, 0.6) is 0 Å². The highest BCUT2D eigenvalue weighted by atomic mass is 16.5. The van der Waals surface area contributed by atoms with Crippen molar-refractivity contribution in [2.45, 2.75) is 38.7 Å². The van der Waals surface area contributed by atoms with Gasteiger partial charge in [0.1, 0.15) is 5.60 Å². The number of ether oxygens (including phenoxy) is 2. The van der Waals surface area contributed by atoms with E-state index < -0.39 is 5.60 Å². The van der Waals surface area contributed by atoms with Gasteiger partial charge in [0, 0.05) is 52.5 Å². The molecule has 3 heterocycles. The minimum Gasteiger partial charge on any atom is -0.378 e. The highest BCUT2D eigenvalue weighted by molar-refractivity contribution is 5.95. The van der Waals surface area contributed by atoms with E-state index >= 15 is 0 Å². The molecule has 2 fully saturated rings. The Morgan fingerprint density at radius 2 is 1.90 bits per heavy atom. The molecule has 1 N–H and O–H groups in total. The monoisotopic (exact) mass is 405 g/mol. The third-order valence-electron chi connectivity index (χ3n) is 5.48. The summed E-state index contributed by atoms with van der Waals surface area (Å²) >= 11 is 0.